The molecule has 1 fully saturated rings. The van der Waals surface area contributed by atoms with Gasteiger partial charge >= 0.3 is 6.18 Å². The third-order valence-electron chi connectivity index (χ3n) is 4.50. The predicted octanol–water partition coefficient (Wildman–Crippen LogP) is 3.61. The maximum Gasteiger partial charge on any atom is 0.433 e. The molecule has 0 radical (unpaired) electrons. The summed E-state index contributed by atoms with van der Waals surface area (Å²) < 4.78 is 64.4. The third-order valence-corrected chi connectivity index (χ3v) is 4.50. The molecule has 0 unspecified atom stereocenters. The molecule has 1 aromatic heterocycles. The van der Waals surface area contributed by atoms with Crippen molar-refractivity contribution in [2.24, 2.45) is 0 Å². The van der Waals surface area contributed by atoms with E-state index in [0.29, 0.717) is 37.3 Å². The molecule has 0 aliphatic carbocycles. The van der Waals surface area contributed by atoms with Gasteiger partial charge in [0.1, 0.15) is 17.3 Å². The number of carbonyl (C=O) groups is 1. The van der Waals surface area contributed by atoms with Crippen LogP contribution in [0.15, 0.2) is 36.5 Å². The topological polar surface area (TPSA) is 36.4 Å². The number of alkyl halides is 3. The Hall–Kier alpha value is -2.55. The van der Waals surface area contributed by atoms with Gasteiger partial charge in [0.25, 0.3) is 0 Å². The Morgan fingerprint density at radius 3 is 2.25 bits per heavy atom. The van der Waals surface area contributed by atoms with Gasteiger partial charge in [-0.3, -0.25) is 14.7 Å². The van der Waals surface area contributed by atoms with Crippen molar-refractivity contribution in [1.82, 2.24) is 14.8 Å². The van der Waals surface area contributed by atoms with Crippen LogP contribution in [-0.4, -0.2) is 40.3 Å². The van der Waals surface area contributed by atoms with E-state index in [9.17, 15) is 26.7 Å². The molecule has 0 atom stereocenters. The number of hydrogen-bond acceptors (Lipinski definition) is 3. The Labute approximate surface area is 158 Å². The lowest BCUT2D eigenvalue weighted by Crippen LogP contribution is -2.32. The van der Waals surface area contributed by atoms with Gasteiger partial charge in [-0.25, -0.2) is 8.78 Å². The molecule has 1 saturated heterocycles. The van der Waals surface area contributed by atoms with Gasteiger partial charge in [0.2, 0.25) is 5.91 Å². The molecule has 0 saturated carbocycles. The highest BCUT2D eigenvalue weighted by molar-refractivity contribution is 5.76. The Balaban J connectivity index is 1.61. The van der Waals surface area contributed by atoms with Gasteiger partial charge in [-0.1, -0.05) is 6.07 Å². The Morgan fingerprint density at radius 1 is 0.929 bits per heavy atom. The molecular formula is C19H18F5N3O. The van der Waals surface area contributed by atoms with Crippen LogP contribution in [-0.2, 0) is 24.1 Å². The smallest absolute Gasteiger partial charge is 0.337 e. The number of rotatable bonds is 4. The summed E-state index contributed by atoms with van der Waals surface area (Å²) in [5, 5.41) is 0. The number of benzene rings is 1. The first kappa shape index (κ1) is 20.2. The van der Waals surface area contributed by atoms with Crippen molar-refractivity contribution in [2.75, 3.05) is 19.6 Å². The number of aromatic nitrogens is 1. The lowest BCUT2D eigenvalue weighted by molar-refractivity contribution is -0.141. The molecule has 28 heavy (non-hydrogen) atoms. The standard InChI is InChI=1S/C19H18F5N3O/c20-15-7-14(8-16(21)9-15)11-26-4-3-18(28)27(6-5-26)12-13-1-2-17(25-10-13)19(22,23)24/h1-2,7-10H,3-6,11-12H2. The SMILES string of the molecule is O=C1CCN(Cc2cc(F)cc(F)c2)CCN1Cc1ccc(C(F)(F)F)nc1. The van der Waals surface area contributed by atoms with Gasteiger partial charge in [-0.15, -0.1) is 0 Å². The van der Waals surface area contributed by atoms with Crippen LogP contribution in [0.4, 0.5) is 22.0 Å². The normalized spacial score (nSPS) is 16.3. The number of amides is 1. The zero-order valence-electron chi connectivity index (χ0n) is 14.8. The largest absolute Gasteiger partial charge is 0.433 e. The van der Waals surface area contributed by atoms with E-state index in [1.807, 2.05) is 4.90 Å². The fourth-order valence-electron chi connectivity index (χ4n) is 3.10. The van der Waals surface area contributed by atoms with Gasteiger partial charge < -0.3 is 4.90 Å². The highest BCUT2D eigenvalue weighted by Gasteiger charge is 2.32. The second-order valence-electron chi connectivity index (χ2n) is 6.67. The van der Waals surface area contributed by atoms with E-state index in [4.69, 9.17) is 0 Å². The van der Waals surface area contributed by atoms with E-state index in [0.717, 1.165) is 18.3 Å². The highest BCUT2D eigenvalue weighted by atomic mass is 19.4. The highest BCUT2D eigenvalue weighted by Crippen LogP contribution is 2.27. The van der Waals surface area contributed by atoms with Crippen LogP contribution in [0.2, 0.25) is 0 Å². The predicted molar refractivity (Wildman–Crippen MR) is 90.9 cm³/mol. The summed E-state index contributed by atoms with van der Waals surface area (Å²) in [7, 11) is 0. The molecule has 0 N–H and O–H groups in total. The van der Waals surface area contributed by atoms with E-state index >= 15 is 0 Å². The molecule has 3 rings (SSSR count). The van der Waals surface area contributed by atoms with Gasteiger partial charge in [-0.2, -0.15) is 13.2 Å². The van der Waals surface area contributed by atoms with E-state index in [1.54, 1.807) is 4.90 Å². The Bertz CT molecular complexity index is 818. The van der Waals surface area contributed by atoms with Gasteiger partial charge in [0.15, 0.2) is 0 Å². The van der Waals surface area contributed by atoms with E-state index in [2.05, 4.69) is 4.98 Å². The van der Waals surface area contributed by atoms with Crippen LogP contribution < -0.4 is 0 Å². The van der Waals surface area contributed by atoms with Crippen LogP contribution >= 0.6 is 0 Å². The first-order valence-electron chi connectivity index (χ1n) is 8.68. The maximum absolute atomic E-state index is 13.3. The summed E-state index contributed by atoms with van der Waals surface area (Å²) in [6.45, 7) is 1.73. The zero-order chi connectivity index (χ0) is 20.3. The summed E-state index contributed by atoms with van der Waals surface area (Å²) >= 11 is 0. The van der Waals surface area contributed by atoms with E-state index < -0.39 is 23.5 Å². The molecule has 0 bridgehead atoms. The summed E-state index contributed by atoms with van der Waals surface area (Å²) in [4.78, 5) is 19.2. The summed E-state index contributed by atoms with van der Waals surface area (Å²) in [5.41, 5.74) is -0.000663. The van der Waals surface area contributed by atoms with Crippen molar-refractivity contribution in [3.8, 4) is 0 Å². The molecular weight excluding hydrogens is 381 g/mol. The minimum absolute atomic E-state index is 0.132. The third kappa shape index (κ3) is 5.25. The van der Waals surface area contributed by atoms with Gasteiger partial charge in [-0.05, 0) is 29.3 Å². The second-order valence-corrected chi connectivity index (χ2v) is 6.67. The van der Waals surface area contributed by atoms with Crippen molar-refractivity contribution < 1.29 is 26.7 Å². The van der Waals surface area contributed by atoms with Crippen molar-refractivity contribution in [3.05, 3.63) is 65.0 Å². The lowest BCUT2D eigenvalue weighted by atomic mass is 10.2. The summed E-state index contributed by atoms with van der Waals surface area (Å²) in [5.74, 6) is -1.44. The molecule has 0 spiro atoms. The second kappa shape index (κ2) is 8.22. The maximum atomic E-state index is 13.3. The molecule has 2 aromatic rings. The van der Waals surface area contributed by atoms with Crippen molar-refractivity contribution in [2.45, 2.75) is 25.7 Å². The number of hydrogen-bond donors (Lipinski definition) is 0. The van der Waals surface area contributed by atoms with Gasteiger partial charge in [0, 0.05) is 51.4 Å². The fourth-order valence-corrected chi connectivity index (χ4v) is 3.10. The number of halogens is 5. The zero-order valence-corrected chi connectivity index (χ0v) is 14.8. The van der Waals surface area contributed by atoms with Crippen molar-refractivity contribution in [1.29, 1.82) is 0 Å². The monoisotopic (exact) mass is 399 g/mol. The minimum Gasteiger partial charge on any atom is -0.337 e. The van der Waals surface area contributed by atoms with Crippen LogP contribution in [0, 0.1) is 11.6 Å². The number of carbonyl (C=O) groups excluding carboxylic acids is 1. The fraction of sp³-hybridized carbons (Fsp3) is 0.368. The Kier molecular flexibility index (Phi) is 5.93. The lowest BCUT2D eigenvalue weighted by Gasteiger charge is -2.22. The average molecular weight is 399 g/mol. The van der Waals surface area contributed by atoms with E-state index in [1.165, 1.54) is 18.2 Å². The van der Waals surface area contributed by atoms with Crippen LogP contribution in [0.1, 0.15) is 23.2 Å². The summed E-state index contributed by atoms with van der Waals surface area (Å²) in [6.07, 6.45) is -3.17. The molecule has 2 heterocycles. The number of pyridine rings is 1. The molecule has 4 nitrogen and oxygen atoms in total. The minimum atomic E-state index is -4.51. The van der Waals surface area contributed by atoms with Crippen molar-refractivity contribution >= 4 is 5.91 Å². The average Bonchev–Trinajstić information content (AvgIpc) is 2.77. The molecule has 1 aliphatic heterocycles. The quantitative estimate of drug-likeness (QED) is 0.737. The van der Waals surface area contributed by atoms with Crippen LogP contribution in [0.25, 0.3) is 0 Å². The van der Waals surface area contributed by atoms with Gasteiger partial charge in [0.05, 0.1) is 0 Å². The Morgan fingerprint density at radius 2 is 1.64 bits per heavy atom. The molecule has 150 valence electrons. The first-order valence-corrected chi connectivity index (χ1v) is 8.68. The van der Waals surface area contributed by atoms with Crippen LogP contribution in [0.5, 0.6) is 0 Å². The van der Waals surface area contributed by atoms with E-state index in [-0.39, 0.29) is 18.9 Å². The molecule has 1 aromatic carbocycles. The number of nitrogens with zero attached hydrogens (tertiary/aromatic N) is 3. The molecule has 9 heteroatoms. The first-order chi connectivity index (χ1) is 13.2. The molecule has 1 amide bonds. The van der Waals surface area contributed by atoms with Crippen molar-refractivity contribution in [3.63, 3.8) is 0 Å². The molecule has 1 aliphatic rings. The van der Waals surface area contributed by atoms with Crippen LogP contribution in [0.3, 0.4) is 0 Å². The summed E-state index contributed by atoms with van der Waals surface area (Å²) in [6, 6.07) is 5.50.